The van der Waals surface area contributed by atoms with Gasteiger partial charge in [0.25, 0.3) is 0 Å². The summed E-state index contributed by atoms with van der Waals surface area (Å²) in [4.78, 5) is 2.07. The zero-order chi connectivity index (χ0) is 14.5. The number of benzene rings is 2. The Balaban J connectivity index is 2.07. The molecule has 4 heteroatoms. The van der Waals surface area contributed by atoms with E-state index >= 15 is 0 Å². The number of halogens is 2. The molecule has 2 nitrogen and oxygen atoms in total. The lowest BCUT2D eigenvalue weighted by Gasteiger charge is -2.12. The molecule has 0 aliphatic rings. The normalized spacial score (nSPS) is 10.8. The first kappa shape index (κ1) is 14.5. The van der Waals surface area contributed by atoms with Crippen LogP contribution in [0.3, 0.4) is 0 Å². The standard InChI is InChI=1S/C16H18F2N2/c1-20(2)11-12-5-3-6-13(9-12)19-10-14-15(17)7-4-8-16(14)18/h3-9,19H,10-11H2,1-2H3. The Bertz CT molecular complexity index is 562. The van der Waals surface area contributed by atoms with E-state index in [1.807, 2.05) is 38.4 Å². The van der Waals surface area contributed by atoms with E-state index in [0.29, 0.717) is 0 Å². The summed E-state index contributed by atoms with van der Waals surface area (Å²) in [6, 6.07) is 11.7. The molecule has 0 saturated carbocycles. The highest BCUT2D eigenvalue weighted by atomic mass is 19.1. The quantitative estimate of drug-likeness (QED) is 0.897. The maximum atomic E-state index is 13.5. The minimum absolute atomic E-state index is 0.0607. The maximum absolute atomic E-state index is 13.5. The lowest BCUT2D eigenvalue weighted by atomic mass is 10.1. The van der Waals surface area contributed by atoms with E-state index in [0.717, 1.165) is 17.8 Å². The maximum Gasteiger partial charge on any atom is 0.131 e. The number of nitrogens with zero attached hydrogens (tertiary/aromatic N) is 1. The molecule has 0 unspecified atom stereocenters. The molecule has 0 fully saturated rings. The molecule has 0 aromatic heterocycles. The smallest absolute Gasteiger partial charge is 0.131 e. The van der Waals surface area contributed by atoms with Crippen molar-refractivity contribution in [2.75, 3.05) is 19.4 Å². The lowest BCUT2D eigenvalue weighted by molar-refractivity contribution is 0.402. The highest BCUT2D eigenvalue weighted by molar-refractivity contribution is 5.46. The zero-order valence-corrected chi connectivity index (χ0v) is 11.7. The fraction of sp³-hybridized carbons (Fsp3) is 0.250. The van der Waals surface area contributed by atoms with Crippen LogP contribution in [-0.2, 0) is 13.1 Å². The fourth-order valence-corrected chi connectivity index (χ4v) is 2.04. The van der Waals surface area contributed by atoms with Crippen LogP contribution in [0.4, 0.5) is 14.5 Å². The number of hydrogen-bond acceptors (Lipinski definition) is 2. The van der Waals surface area contributed by atoms with Gasteiger partial charge in [-0.3, -0.25) is 0 Å². The van der Waals surface area contributed by atoms with Gasteiger partial charge in [0.15, 0.2) is 0 Å². The predicted molar refractivity (Wildman–Crippen MR) is 77.5 cm³/mol. The summed E-state index contributed by atoms with van der Waals surface area (Å²) in [5, 5.41) is 3.06. The highest BCUT2D eigenvalue weighted by Gasteiger charge is 2.07. The van der Waals surface area contributed by atoms with Crippen molar-refractivity contribution in [3.63, 3.8) is 0 Å². The monoisotopic (exact) mass is 276 g/mol. The largest absolute Gasteiger partial charge is 0.381 e. The highest BCUT2D eigenvalue weighted by Crippen LogP contribution is 2.16. The Morgan fingerprint density at radius 1 is 1.00 bits per heavy atom. The molecule has 0 atom stereocenters. The van der Waals surface area contributed by atoms with Gasteiger partial charge < -0.3 is 10.2 Å². The van der Waals surface area contributed by atoms with Gasteiger partial charge in [0.05, 0.1) is 0 Å². The van der Waals surface area contributed by atoms with E-state index in [4.69, 9.17) is 0 Å². The Labute approximate surface area is 118 Å². The molecule has 2 rings (SSSR count). The second-order valence-electron chi connectivity index (χ2n) is 4.99. The van der Waals surface area contributed by atoms with Gasteiger partial charge in [-0.05, 0) is 43.9 Å². The van der Waals surface area contributed by atoms with E-state index in [9.17, 15) is 8.78 Å². The molecular formula is C16H18F2N2. The first-order valence-corrected chi connectivity index (χ1v) is 6.46. The number of nitrogens with one attached hydrogen (secondary N) is 1. The van der Waals surface area contributed by atoms with Gasteiger partial charge in [-0.25, -0.2) is 8.78 Å². The van der Waals surface area contributed by atoms with Crippen molar-refractivity contribution in [1.29, 1.82) is 0 Å². The minimum Gasteiger partial charge on any atom is -0.381 e. The van der Waals surface area contributed by atoms with Crippen LogP contribution >= 0.6 is 0 Å². The summed E-state index contributed by atoms with van der Waals surface area (Å²) in [6.45, 7) is 0.952. The van der Waals surface area contributed by atoms with Crippen LogP contribution in [0.2, 0.25) is 0 Å². The molecule has 0 spiro atoms. The molecule has 20 heavy (non-hydrogen) atoms. The van der Waals surface area contributed by atoms with Crippen molar-refractivity contribution in [2.24, 2.45) is 0 Å². The van der Waals surface area contributed by atoms with Gasteiger partial charge in [0.1, 0.15) is 11.6 Å². The average Bonchev–Trinajstić information content (AvgIpc) is 2.38. The van der Waals surface area contributed by atoms with E-state index in [1.165, 1.54) is 18.2 Å². The summed E-state index contributed by atoms with van der Waals surface area (Å²) in [7, 11) is 3.99. The molecule has 0 saturated heterocycles. The first-order chi connectivity index (χ1) is 9.56. The molecule has 0 radical (unpaired) electrons. The third-order valence-corrected chi connectivity index (χ3v) is 2.96. The zero-order valence-electron chi connectivity index (χ0n) is 11.7. The average molecular weight is 276 g/mol. The van der Waals surface area contributed by atoms with Crippen LogP contribution in [0.1, 0.15) is 11.1 Å². The van der Waals surface area contributed by atoms with Crippen LogP contribution in [0.15, 0.2) is 42.5 Å². The third kappa shape index (κ3) is 3.78. The Morgan fingerprint density at radius 2 is 1.65 bits per heavy atom. The third-order valence-electron chi connectivity index (χ3n) is 2.96. The van der Waals surface area contributed by atoms with Crippen molar-refractivity contribution in [2.45, 2.75) is 13.1 Å². The molecule has 0 bridgehead atoms. The summed E-state index contributed by atoms with van der Waals surface area (Å²) >= 11 is 0. The second kappa shape index (κ2) is 6.48. The van der Waals surface area contributed by atoms with E-state index < -0.39 is 11.6 Å². The molecule has 2 aromatic carbocycles. The molecule has 2 aromatic rings. The lowest BCUT2D eigenvalue weighted by Crippen LogP contribution is -2.11. The van der Waals surface area contributed by atoms with Crippen LogP contribution in [0.25, 0.3) is 0 Å². The predicted octanol–water partition coefficient (Wildman–Crippen LogP) is 3.64. The molecule has 0 aliphatic carbocycles. The second-order valence-corrected chi connectivity index (χ2v) is 4.99. The Hall–Kier alpha value is -1.94. The van der Waals surface area contributed by atoms with Crippen molar-refractivity contribution in [3.05, 3.63) is 65.2 Å². The van der Waals surface area contributed by atoms with Crippen LogP contribution in [0.5, 0.6) is 0 Å². The van der Waals surface area contributed by atoms with Crippen LogP contribution in [-0.4, -0.2) is 19.0 Å². The van der Waals surface area contributed by atoms with Crippen molar-refractivity contribution in [3.8, 4) is 0 Å². The van der Waals surface area contributed by atoms with Crippen molar-refractivity contribution >= 4 is 5.69 Å². The fourth-order valence-electron chi connectivity index (χ4n) is 2.04. The molecule has 0 aliphatic heterocycles. The number of anilines is 1. The van der Waals surface area contributed by atoms with Gasteiger partial charge >= 0.3 is 0 Å². The molecule has 0 heterocycles. The van der Waals surface area contributed by atoms with E-state index in [2.05, 4.69) is 10.2 Å². The van der Waals surface area contributed by atoms with Crippen LogP contribution in [0, 0.1) is 11.6 Å². The topological polar surface area (TPSA) is 15.3 Å². The molecular weight excluding hydrogens is 258 g/mol. The summed E-state index contributed by atoms with van der Waals surface area (Å²) in [5.74, 6) is -1.05. The SMILES string of the molecule is CN(C)Cc1cccc(NCc2c(F)cccc2F)c1. The van der Waals surface area contributed by atoms with Gasteiger partial charge in [-0.1, -0.05) is 18.2 Å². The van der Waals surface area contributed by atoms with Gasteiger partial charge in [0, 0.05) is 24.3 Å². The van der Waals surface area contributed by atoms with Gasteiger partial charge in [-0.2, -0.15) is 0 Å². The summed E-state index contributed by atoms with van der Waals surface area (Å²) in [5.41, 5.74) is 2.06. The number of rotatable bonds is 5. The number of hydrogen-bond donors (Lipinski definition) is 1. The van der Waals surface area contributed by atoms with Gasteiger partial charge in [0.2, 0.25) is 0 Å². The Morgan fingerprint density at radius 3 is 2.30 bits per heavy atom. The summed E-state index contributed by atoms with van der Waals surface area (Å²) in [6.07, 6.45) is 0. The van der Waals surface area contributed by atoms with E-state index in [1.54, 1.807) is 0 Å². The Kier molecular flexibility index (Phi) is 4.69. The summed E-state index contributed by atoms with van der Waals surface area (Å²) < 4.78 is 27.0. The van der Waals surface area contributed by atoms with E-state index in [-0.39, 0.29) is 12.1 Å². The van der Waals surface area contributed by atoms with Crippen LogP contribution < -0.4 is 5.32 Å². The minimum atomic E-state index is -0.526. The molecule has 106 valence electrons. The van der Waals surface area contributed by atoms with Crippen molar-refractivity contribution < 1.29 is 8.78 Å². The molecule has 1 N–H and O–H groups in total. The first-order valence-electron chi connectivity index (χ1n) is 6.46. The van der Waals surface area contributed by atoms with Gasteiger partial charge in [-0.15, -0.1) is 0 Å². The van der Waals surface area contributed by atoms with Crippen molar-refractivity contribution in [1.82, 2.24) is 4.90 Å². The molecule has 0 amide bonds.